The fraction of sp³-hybridized carbons (Fsp3) is 0.471. The van der Waals surface area contributed by atoms with Gasteiger partial charge in [-0.1, -0.05) is 0 Å². The van der Waals surface area contributed by atoms with Crippen molar-refractivity contribution in [3.8, 4) is 5.75 Å². The number of hydrogen-bond donors (Lipinski definition) is 2. The Balaban J connectivity index is 1.64. The predicted octanol–water partition coefficient (Wildman–Crippen LogP) is 0.520. The Labute approximate surface area is 129 Å². The molecule has 0 spiro atoms. The van der Waals surface area contributed by atoms with E-state index in [9.17, 15) is 9.90 Å². The van der Waals surface area contributed by atoms with E-state index in [0.29, 0.717) is 11.3 Å². The summed E-state index contributed by atoms with van der Waals surface area (Å²) < 4.78 is 10.8. The van der Waals surface area contributed by atoms with Gasteiger partial charge in [-0.05, 0) is 24.6 Å². The SMILES string of the molecule is Cc1cc(=O)oc2cc(OCC(O)C[NH+]3CCCC3)ccc12. The molecule has 1 unspecified atom stereocenters. The molecule has 5 heteroatoms. The zero-order valence-corrected chi connectivity index (χ0v) is 12.8. The zero-order valence-electron chi connectivity index (χ0n) is 12.8. The van der Waals surface area contributed by atoms with Gasteiger partial charge in [0.25, 0.3) is 0 Å². The van der Waals surface area contributed by atoms with Crippen molar-refractivity contribution >= 4 is 11.0 Å². The maximum Gasteiger partial charge on any atom is 0.336 e. The Kier molecular flexibility index (Phi) is 4.45. The van der Waals surface area contributed by atoms with Crippen molar-refractivity contribution in [2.75, 3.05) is 26.2 Å². The van der Waals surface area contributed by atoms with Gasteiger partial charge in [0, 0.05) is 30.4 Å². The number of ether oxygens (including phenoxy) is 1. The zero-order chi connectivity index (χ0) is 15.5. The number of aliphatic hydroxyl groups excluding tert-OH is 1. The van der Waals surface area contributed by atoms with E-state index in [1.54, 1.807) is 6.07 Å². The molecular weight excluding hydrogens is 282 g/mol. The fourth-order valence-electron chi connectivity index (χ4n) is 3.06. The maximum atomic E-state index is 11.4. The van der Waals surface area contributed by atoms with Crippen molar-refractivity contribution < 1.29 is 19.2 Å². The first-order valence-electron chi connectivity index (χ1n) is 7.81. The third-order valence-corrected chi connectivity index (χ3v) is 4.20. The smallest absolute Gasteiger partial charge is 0.336 e. The second kappa shape index (κ2) is 6.50. The summed E-state index contributed by atoms with van der Waals surface area (Å²) in [5.74, 6) is 0.608. The van der Waals surface area contributed by atoms with Crippen LogP contribution in [0, 0.1) is 6.92 Å². The van der Waals surface area contributed by atoms with Crippen LogP contribution < -0.4 is 15.3 Å². The first-order valence-corrected chi connectivity index (χ1v) is 7.81. The number of hydrogen-bond acceptors (Lipinski definition) is 4. The van der Waals surface area contributed by atoms with E-state index in [1.807, 2.05) is 19.1 Å². The molecule has 1 aromatic carbocycles. The molecule has 2 heterocycles. The number of benzene rings is 1. The summed E-state index contributed by atoms with van der Waals surface area (Å²) in [6.45, 7) is 5.13. The largest absolute Gasteiger partial charge is 0.491 e. The standard InChI is InChI=1S/C17H21NO4/c1-12-8-17(20)22-16-9-14(4-5-15(12)16)21-11-13(19)10-18-6-2-3-7-18/h4-5,8-9,13,19H,2-3,6-7,10-11H2,1H3/p+1. The number of quaternary nitrogens is 1. The Bertz CT molecular complexity index is 703. The lowest BCUT2D eigenvalue weighted by atomic mass is 10.1. The Morgan fingerprint density at radius 2 is 2.09 bits per heavy atom. The van der Waals surface area contributed by atoms with Gasteiger partial charge in [-0.15, -0.1) is 0 Å². The molecule has 22 heavy (non-hydrogen) atoms. The lowest BCUT2D eigenvalue weighted by Gasteiger charge is -2.17. The topological polar surface area (TPSA) is 64.1 Å². The van der Waals surface area contributed by atoms with Crippen molar-refractivity contribution in [3.63, 3.8) is 0 Å². The lowest BCUT2D eigenvalue weighted by Crippen LogP contribution is -3.11. The highest BCUT2D eigenvalue weighted by Crippen LogP contribution is 2.22. The molecule has 1 saturated heterocycles. The molecule has 1 aliphatic rings. The van der Waals surface area contributed by atoms with Crippen LogP contribution in [0.1, 0.15) is 18.4 Å². The molecule has 5 nitrogen and oxygen atoms in total. The van der Waals surface area contributed by atoms with Gasteiger partial charge in [0.1, 0.15) is 30.6 Å². The average molecular weight is 304 g/mol. The second-order valence-electron chi connectivity index (χ2n) is 6.03. The van der Waals surface area contributed by atoms with Crippen molar-refractivity contribution in [3.05, 3.63) is 40.2 Å². The van der Waals surface area contributed by atoms with Gasteiger partial charge in [-0.3, -0.25) is 0 Å². The van der Waals surface area contributed by atoms with Crippen LogP contribution in [0.15, 0.2) is 33.5 Å². The Morgan fingerprint density at radius 1 is 1.32 bits per heavy atom. The second-order valence-corrected chi connectivity index (χ2v) is 6.03. The number of fused-ring (bicyclic) bond motifs is 1. The highest BCUT2D eigenvalue weighted by molar-refractivity contribution is 5.81. The molecule has 1 atom stereocenters. The van der Waals surface area contributed by atoms with Gasteiger partial charge in [0.15, 0.2) is 0 Å². The van der Waals surface area contributed by atoms with E-state index < -0.39 is 6.10 Å². The van der Waals surface area contributed by atoms with Gasteiger partial charge in [0.2, 0.25) is 0 Å². The average Bonchev–Trinajstić information content (AvgIpc) is 2.97. The lowest BCUT2D eigenvalue weighted by molar-refractivity contribution is -0.890. The molecule has 0 bridgehead atoms. The van der Waals surface area contributed by atoms with Crippen LogP contribution in [-0.2, 0) is 0 Å². The van der Waals surface area contributed by atoms with E-state index >= 15 is 0 Å². The van der Waals surface area contributed by atoms with Crippen molar-refractivity contribution in [2.24, 2.45) is 0 Å². The monoisotopic (exact) mass is 304 g/mol. The number of aliphatic hydroxyl groups is 1. The summed E-state index contributed by atoms with van der Waals surface area (Å²) in [6.07, 6.45) is 2.01. The van der Waals surface area contributed by atoms with E-state index in [0.717, 1.165) is 30.6 Å². The first-order chi connectivity index (χ1) is 10.6. The fourth-order valence-corrected chi connectivity index (χ4v) is 3.06. The molecule has 3 rings (SSSR count). The van der Waals surface area contributed by atoms with Crippen molar-refractivity contribution in [1.82, 2.24) is 0 Å². The minimum atomic E-state index is -0.478. The minimum absolute atomic E-state index is 0.255. The first kappa shape index (κ1) is 15.1. The number of nitrogens with one attached hydrogen (secondary N) is 1. The summed E-state index contributed by atoms with van der Waals surface area (Å²) in [5, 5.41) is 11.0. The molecule has 1 fully saturated rings. The van der Waals surface area contributed by atoms with Crippen molar-refractivity contribution in [2.45, 2.75) is 25.9 Å². The summed E-state index contributed by atoms with van der Waals surface area (Å²) in [6, 6.07) is 6.90. The molecule has 0 saturated carbocycles. The predicted molar refractivity (Wildman–Crippen MR) is 83.5 cm³/mol. The number of aryl methyl sites for hydroxylation is 1. The van der Waals surface area contributed by atoms with Crippen LogP contribution >= 0.6 is 0 Å². The van der Waals surface area contributed by atoms with Crippen LogP contribution in [0.3, 0.4) is 0 Å². The molecule has 0 aliphatic carbocycles. The highest BCUT2D eigenvalue weighted by Gasteiger charge is 2.19. The van der Waals surface area contributed by atoms with E-state index in [4.69, 9.17) is 9.15 Å². The third kappa shape index (κ3) is 3.48. The van der Waals surface area contributed by atoms with E-state index in [1.165, 1.54) is 23.8 Å². The van der Waals surface area contributed by atoms with Crippen LogP contribution in [0.5, 0.6) is 5.75 Å². The molecule has 118 valence electrons. The summed E-state index contributed by atoms with van der Waals surface area (Å²) >= 11 is 0. The van der Waals surface area contributed by atoms with Gasteiger partial charge in [0.05, 0.1) is 13.1 Å². The Hall–Kier alpha value is -1.85. The quantitative estimate of drug-likeness (QED) is 0.791. The van der Waals surface area contributed by atoms with Gasteiger partial charge < -0.3 is 19.2 Å². The van der Waals surface area contributed by atoms with E-state index in [2.05, 4.69) is 0 Å². The summed E-state index contributed by atoms with van der Waals surface area (Å²) in [4.78, 5) is 12.9. The normalized spacial score (nSPS) is 17.0. The van der Waals surface area contributed by atoms with Gasteiger partial charge >= 0.3 is 5.63 Å². The van der Waals surface area contributed by atoms with Crippen LogP contribution in [-0.4, -0.2) is 37.5 Å². The molecule has 1 aliphatic heterocycles. The summed E-state index contributed by atoms with van der Waals surface area (Å²) in [5.41, 5.74) is 1.04. The molecule has 1 aromatic heterocycles. The maximum absolute atomic E-state index is 11.4. The summed E-state index contributed by atoms with van der Waals surface area (Å²) in [7, 11) is 0. The van der Waals surface area contributed by atoms with Crippen LogP contribution in [0.4, 0.5) is 0 Å². The van der Waals surface area contributed by atoms with Crippen LogP contribution in [0.25, 0.3) is 11.0 Å². The molecular formula is C17H22NO4+. The minimum Gasteiger partial charge on any atom is -0.491 e. The molecule has 0 amide bonds. The molecule has 2 aromatic rings. The van der Waals surface area contributed by atoms with E-state index in [-0.39, 0.29) is 12.2 Å². The Morgan fingerprint density at radius 3 is 2.86 bits per heavy atom. The molecule has 2 N–H and O–H groups in total. The highest BCUT2D eigenvalue weighted by atomic mass is 16.5. The van der Waals surface area contributed by atoms with Crippen molar-refractivity contribution in [1.29, 1.82) is 0 Å². The van der Waals surface area contributed by atoms with Gasteiger partial charge in [-0.25, -0.2) is 4.79 Å². The third-order valence-electron chi connectivity index (χ3n) is 4.20. The number of likely N-dealkylation sites (tertiary alicyclic amines) is 1. The molecule has 0 radical (unpaired) electrons. The van der Waals surface area contributed by atoms with Gasteiger partial charge in [-0.2, -0.15) is 0 Å². The van der Waals surface area contributed by atoms with Crippen LogP contribution in [0.2, 0.25) is 0 Å². The number of rotatable bonds is 5.